The summed E-state index contributed by atoms with van der Waals surface area (Å²) in [7, 11) is 0. The number of nitrogens with zero attached hydrogens (tertiary/aromatic N) is 2. The minimum atomic E-state index is -2.92. The number of aromatic nitrogens is 2. The van der Waals surface area contributed by atoms with Gasteiger partial charge in [0.2, 0.25) is 0 Å². The number of carbonyl (C=O) groups excluding carboxylic acids is 1. The molecule has 0 aliphatic heterocycles. The summed E-state index contributed by atoms with van der Waals surface area (Å²) >= 11 is 2.76. The molecule has 0 saturated heterocycles. The van der Waals surface area contributed by atoms with Gasteiger partial charge in [-0.15, -0.1) is 17.9 Å². The molecule has 0 fully saturated rings. The largest absolute Gasteiger partial charge is 0.435 e. The Labute approximate surface area is 192 Å². The van der Waals surface area contributed by atoms with Crippen LogP contribution >= 0.6 is 23.1 Å². The van der Waals surface area contributed by atoms with Crippen LogP contribution in [-0.2, 0) is 19.4 Å². The highest BCUT2D eigenvalue weighted by Gasteiger charge is 2.24. The number of hydrogen-bond donors (Lipinski definition) is 0. The van der Waals surface area contributed by atoms with E-state index >= 15 is 0 Å². The first-order valence-electron chi connectivity index (χ1n) is 10.2. The van der Waals surface area contributed by atoms with Crippen LogP contribution in [0.2, 0.25) is 0 Å². The minimum absolute atomic E-state index is 0.00729. The molecule has 2 heterocycles. The van der Waals surface area contributed by atoms with Crippen molar-refractivity contribution in [3.63, 3.8) is 0 Å². The first-order chi connectivity index (χ1) is 15.4. The van der Waals surface area contributed by atoms with Crippen molar-refractivity contribution in [1.29, 1.82) is 0 Å². The number of rotatable bonds is 8. The molecule has 32 heavy (non-hydrogen) atoms. The van der Waals surface area contributed by atoms with E-state index in [0.29, 0.717) is 28.6 Å². The van der Waals surface area contributed by atoms with Crippen molar-refractivity contribution in [2.45, 2.75) is 44.5 Å². The van der Waals surface area contributed by atoms with Gasteiger partial charge in [-0.3, -0.25) is 14.2 Å². The zero-order chi connectivity index (χ0) is 22.8. The summed E-state index contributed by atoms with van der Waals surface area (Å²) < 4.78 is 30.5. The molecular formula is C23H22F2N2O3S2. The molecule has 0 N–H and O–H groups in total. The number of hydrogen-bond acceptors (Lipinski definition) is 6. The van der Waals surface area contributed by atoms with Crippen LogP contribution in [-0.4, -0.2) is 27.7 Å². The third-order valence-corrected chi connectivity index (χ3v) is 7.55. The van der Waals surface area contributed by atoms with Crippen LogP contribution in [0.5, 0.6) is 5.75 Å². The second-order valence-electron chi connectivity index (χ2n) is 7.75. The third-order valence-electron chi connectivity index (χ3n) is 5.43. The van der Waals surface area contributed by atoms with Crippen LogP contribution < -0.4 is 10.3 Å². The van der Waals surface area contributed by atoms with Gasteiger partial charge in [0.1, 0.15) is 10.6 Å². The zero-order valence-corrected chi connectivity index (χ0v) is 19.1. The van der Waals surface area contributed by atoms with E-state index in [-0.39, 0.29) is 22.8 Å². The van der Waals surface area contributed by atoms with E-state index in [1.165, 1.54) is 40.9 Å². The van der Waals surface area contributed by atoms with Crippen LogP contribution in [0.3, 0.4) is 0 Å². The fourth-order valence-corrected chi connectivity index (χ4v) is 6.17. The number of benzene rings is 1. The molecule has 3 aromatic rings. The molecule has 4 rings (SSSR count). The molecular weight excluding hydrogens is 454 g/mol. The van der Waals surface area contributed by atoms with E-state index in [4.69, 9.17) is 4.98 Å². The van der Waals surface area contributed by atoms with E-state index in [9.17, 15) is 18.4 Å². The standard InChI is InChI=1S/C23H22F2N2O3S2/c1-3-10-27-21(29)19-16-9-4-13(2)11-18(16)32-20(19)26-23(27)31-12-17(28)14-5-7-15(8-6-14)30-22(24)25/h3,5-8,13,22H,1,4,9-12H2,2H3/t13-/m1/s1. The number of aryl methyl sites for hydroxylation is 1. The van der Waals surface area contributed by atoms with Crippen molar-refractivity contribution in [3.05, 3.63) is 63.3 Å². The van der Waals surface area contributed by atoms with Gasteiger partial charge in [0.05, 0.1) is 11.1 Å². The smallest absolute Gasteiger partial charge is 0.387 e. The van der Waals surface area contributed by atoms with Gasteiger partial charge in [-0.2, -0.15) is 8.78 Å². The lowest BCUT2D eigenvalue weighted by molar-refractivity contribution is -0.0498. The predicted octanol–water partition coefficient (Wildman–Crippen LogP) is 5.35. The zero-order valence-electron chi connectivity index (χ0n) is 17.5. The number of alkyl halides is 2. The van der Waals surface area contributed by atoms with Crippen LogP contribution in [0.4, 0.5) is 8.78 Å². The van der Waals surface area contributed by atoms with Gasteiger partial charge < -0.3 is 4.74 Å². The number of ketones is 1. The number of allylic oxidation sites excluding steroid dienone is 1. The molecule has 1 aliphatic carbocycles. The van der Waals surface area contributed by atoms with Crippen LogP contribution in [0.1, 0.15) is 34.1 Å². The van der Waals surface area contributed by atoms with E-state index in [2.05, 4.69) is 18.2 Å². The fraction of sp³-hybridized carbons (Fsp3) is 0.348. The first-order valence-corrected chi connectivity index (χ1v) is 12.0. The molecule has 0 saturated carbocycles. The second kappa shape index (κ2) is 9.54. The topological polar surface area (TPSA) is 61.2 Å². The molecule has 2 aromatic heterocycles. The summed E-state index contributed by atoms with van der Waals surface area (Å²) in [5.41, 5.74) is 1.40. The molecule has 1 aliphatic rings. The minimum Gasteiger partial charge on any atom is -0.435 e. The van der Waals surface area contributed by atoms with Crippen LogP contribution in [0.15, 0.2) is 46.9 Å². The summed E-state index contributed by atoms with van der Waals surface area (Å²) in [6.07, 6.45) is 4.55. The Bertz CT molecular complexity index is 1220. The number of fused-ring (bicyclic) bond motifs is 3. The third kappa shape index (κ3) is 4.63. The lowest BCUT2D eigenvalue weighted by atomic mass is 9.89. The Morgan fingerprint density at radius 2 is 2.16 bits per heavy atom. The van der Waals surface area contributed by atoms with Gasteiger partial charge in [-0.1, -0.05) is 24.8 Å². The number of ether oxygens (including phenoxy) is 1. The van der Waals surface area contributed by atoms with Crippen molar-refractivity contribution in [2.75, 3.05) is 5.75 Å². The maximum Gasteiger partial charge on any atom is 0.387 e. The Balaban J connectivity index is 1.59. The number of thioether (sulfide) groups is 1. The average Bonchev–Trinajstić information content (AvgIpc) is 3.11. The molecule has 1 atom stereocenters. The number of carbonyl (C=O) groups is 1. The van der Waals surface area contributed by atoms with E-state index in [1.807, 2.05) is 0 Å². The molecule has 5 nitrogen and oxygen atoms in total. The fourth-order valence-electron chi connectivity index (χ4n) is 3.84. The van der Waals surface area contributed by atoms with Gasteiger partial charge in [-0.05, 0) is 55.0 Å². The summed E-state index contributed by atoms with van der Waals surface area (Å²) in [6, 6.07) is 5.56. The first kappa shape index (κ1) is 22.7. The lowest BCUT2D eigenvalue weighted by Gasteiger charge is -2.17. The van der Waals surface area contributed by atoms with Crippen molar-refractivity contribution in [3.8, 4) is 5.75 Å². The van der Waals surface area contributed by atoms with E-state index < -0.39 is 6.61 Å². The van der Waals surface area contributed by atoms with Crippen LogP contribution in [0.25, 0.3) is 10.2 Å². The Morgan fingerprint density at radius 3 is 2.84 bits per heavy atom. The monoisotopic (exact) mass is 476 g/mol. The predicted molar refractivity (Wildman–Crippen MR) is 123 cm³/mol. The van der Waals surface area contributed by atoms with Gasteiger partial charge in [0.25, 0.3) is 5.56 Å². The van der Waals surface area contributed by atoms with Crippen molar-refractivity contribution in [1.82, 2.24) is 9.55 Å². The van der Waals surface area contributed by atoms with E-state index in [1.54, 1.807) is 22.0 Å². The summed E-state index contributed by atoms with van der Waals surface area (Å²) in [5, 5.41) is 1.17. The normalized spacial score (nSPS) is 15.7. The molecule has 0 amide bonds. The van der Waals surface area contributed by atoms with Crippen LogP contribution in [0, 0.1) is 5.92 Å². The van der Waals surface area contributed by atoms with E-state index in [0.717, 1.165) is 29.7 Å². The summed E-state index contributed by atoms with van der Waals surface area (Å²) in [5.74, 6) is 0.450. The lowest BCUT2D eigenvalue weighted by Crippen LogP contribution is -2.24. The summed E-state index contributed by atoms with van der Waals surface area (Å²) in [4.78, 5) is 32.6. The molecule has 1 aromatic carbocycles. The number of thiophene rings is 1. The Kier molecular flexibility index (Phi) is 6.76. The maximum absolute atomic E-state index is 13.3. The Morgan fingerprint density at radius 1 is 1.41 bits per heavy atom. The molecule has 168 valence electrons. The molecule has 0 radical (unpaired) electrons. The van der Waals surface area contributed by atoms with Gasteiger partial charge in [0, 0.05) is 17.0 Å². The molecule has 9 heteroatoms. The molecule has 0 unspecified atom stereocenters. The van der Waals surface area contributed by atoms with Crippen molar-refractivity contribution >= 4 is 39.1 Å². The highest BCUT2D eigenvalue weighted by molar-refractivity contribution is 7.99. The second-order valence-corrected chi connectivity index (χ2v) is 9.77. The van der Waals surface area contributed by atoms with Crippen molar-refractivity contribution in [2.24, 2.45) is 5.92 Å². The van der Waals surface area contributed by atoms with Gasteiger partial charge >= 0.3 is 6.61 Å². The quantitative estimate of drug-likeness (QED) is 0.190. The number of halogens is 2. The Hall–Kier alpha value is -2.52. The highest BCUT2D eigenvalue weighted by atomic mass is 32.2. The average molecular weight is 477 g/mol. The molecule has 0 spiro atoms. The number of Topliss-reactive ketones (excluding diaryl/α,β-unsaturated/α-hetero) is 1. The molecule has 0 bridgehead atoms. The summed E-state index contributed by atoms with van der Waals surface area (Å²) in [6.45, 7) is 3.36. The highest BCUT2D eigenvalue weighted by Crippen LogP contribution is 2.36. The SMILES string of the molecule is C=CCn1c(SCC(=O)c2ccc(OC(F)F)cc2)nc2sc3c(c2c1=O)CC[C@@H](C)C3. The van der Waals surface area contributed by atoms with Crippen molar-refractivity contribution < 1.29 is 18.3 Å². The maximum atomic E-state index is 13.3. The van der Waals surface area contributed by atoms with Gasteiger partial charge in [-0.25, -0.2) is 4.98 Å². The van der Waals surface area contributed by atoms with Gasteiger partial charge in [0.15, 0.2) is 10.9 Å².